The van der Waals surface area contributed by atoms with Crippen LogP contribution in [0.1, 0.15) is 24.2 Å². The summed E-state index contributed by atoms with van der Waals surface area (Å²) in [6, 6.07) is 4.89. The lowest BCUT2D eigenvalue weighted by molar-refractivity contribution is 0.0952. The topological polar surface area (TPSA) is 64.3 Å². The van der Waals surface area contributed by atoms with Crippen molar-refractivity contribution in [1.82, 2.24) is 5.32 Å². The van der Waals surface area contributed by atoms with Gasteiger partial charge >= 0.3 is 0 Å². The van der Waals surface area contributed by atoms with Gasteiger partial charge in [0.05, 0.1) is 18.8 Å². The third kappa shape index (κ3) is 2.73. The molecule has 0 spiro atoms. The van der Waals surface area contributed by atoms with Crippen molar-refractivity contribution in [3.05, 3.63) is 23.8 Å². The Morgan fingerprint density at radius 3 is 2.75 bits per heavy atom. The van der Waals surface area contributed by atoms with Crippen LogP contribution < -0.4 is 15.8 Å². The molecule has 1 aromatic carbocycles. The van der Waals surface area contributed by atoms with Crippen LogP contribution in [0.25, 0.3) is 0 Å². The number of carbonyl (C=O) groups excluding carboxylic acids is 1. The molecule has 1 unspecified atom stereocenters. The molecule has 0 radical (unpaired) electrons. The molecule has 0 aliphatic carbocycles. The zero-order valence-corrected chi connectivity index (χ0v) is 9.91. The van der Waals surface area contributed by atoms with Crippen molar-refractivity contribution < 1.29 is 9.53 Å². The molecule has 0 fully saturated rings. The van der Waals surface area contributed by atoms with E-state index in [-0.39, 0.29) is 11.8 Å². The predicted molar refractivity (Wildman–Crippen MR) is 64.9 cm³/mol. The van der Waals surface area contributed by atoms with E-state index in [1.165, 1.54) is 0 Å². The highest BCUT2D eigenvalue weighted by Crippen LogP contribution is 2.22. The van der Waals surface area contributed by atoms with Gasteiger partial charge in [-0.15, -0.1) is 0 Å². The highest BCUT2D eigenvalue weighted by molar-refractivity contribution is 6.00. The summed E-state index contributed by atoms with van der Waals surface area (Å²) in [5, 5.41) is 3.07. The Hall–Kier alpha value is -1.55. The van der Waals surface area contributed by atoms with Gasteiger partial charge < -0.3 is 15.8 Å². The molecular formula is C12H18N2O2. The zero-order valence-electron chi connectivity index (χ0n) is 9.91. The number of nitrogens with one attached hydrogen (secondary N) is 1. The number of Topliss-reactive ketones (excluding diaryl/α,β-unsaturated/α-hetero) is 1. The average molecular weight is 222 g/mol. The van der Waals surface area contributed by atoms with Gasteiger partial charge in [-0.2, -0.15) is 0 Å². The number of anilines is 1. The molecule has 88 valence electrons. The third-order valence-electron chi connectivity index (χ3n) is 2.42. The van der Waals surface area contributed by atoms with Gasteiger partial charge in [-0.1, -0.05) is 6.92 Å². The maximum Gasteiger partial charge on any atom is 0.179 e. The molecule has 16 heavy (non-hydrogen) atoms. The van der Waals surface area contributed by atoms with Crippen molar-refractivity contribution in [3.8, 4) is 5.75 Å². The summed E-state index contributed by atoms with van der Waals surface area (Å²) in [5.41, 5.74) is 6.83. The first-order valence-corrected chi connectivity index (χ1v) is 5.31. The van der Waals surface area contributed by atoms with E-state index in [1.54, 1.807) is 25.3 Å². The first-order valence-electron chi connectivity index (χ1n) is 5.31. The van der Waals surface area contributed by atoms with E-state index in [0.717, 1.165) is 6.54 Å². The van der Waals surface area contributed by atoms with Crippen molar-refractivity contribution in [1.29, 1.82) is 0 Å². The Bertz CT molecular complexity index is 377. The minimum absolute atomic E-state index is 0.0382. The summed E-state index contributed by atoms with van der Waals surface area (Å²) in [7, 11) is 1.55. The quantitative estimate of drug-likeness (QED) is 0.584. The van der Waals surface area contributed by atoms with Crippen molar-refractivity contribution in [2.45, 2.75) is 19.9 Å². The second kappa shape index (κ2) is 5.51. The van der Waals surface area contributed by atoms with Crippen LogP contribution in [0.5, 0.6) is 5.75 Å². The molecule has 0 amide bonds. The number of hydrogen-bond donors (Lipinski definition) is 2. The molecule has 1 atom stereocenters. The minimum Gasteiger partial charge on any atom is -0.495 e. The summed E-state index contributed by atoms with van der Waals surface area (Å²) >= 11 is 0. The van der Waals surface area contributed by atoms with Crippen LogP contribution in [0.4, 0.5) is 5.69 Å². The Morgan fingerprint density at radius 1 is 1.56 bits per heavy atom. The number of ether oxygens (including phenoxy) is 1. The number of nitrogens with two attached hydrogens (primary N) is 1. The molecular weight excluding hydrogens is 204 g/mol. The monoisotopic (exact) mass is 222 g/mol. The molecule has 4 heteroatoms. The molecule has 0 aliphatic heterocycles. The van der Waals surface area contributed by atoms with E-state index in [0.29, 0.717) is 17.0 Å². The van der Waals surface area contributed by atoms with E-state index < -0.39 is 0 Å². The van der Waals surface area contributed by atoms with Gasteiger partial charge in [0.15, 0.2) is 5.78 Å². The summed E-state index contributed by atoms with van der Waals surface area (Å²) in [6.45, 7) is 4.57. The fraction of sp³-hybridized carbons (Fsp3) is 0.417. The first-order chi connectivity index (χ1) is 7.60. The number of carbonyl (C=O) groups is 1. The Labute approximate surface area is 95.8 Å². The number of rotatable bonds is 5. The van der Waals surface area contributed by atoms with Crippen LogP contribution in [0.3, 0.4) is 0 Å². The van der Waals surface area contributed by atoms with E-state index in [4.69, 9.17) is 10.5 Å². The SMILES string of the molecule is CCNC(C)C(=O)c1ccc(OC)c(N)c1. The smallest absolute Gasteiger partial charge is 0.179 e. The molecule has 1 aromatic rings. The summed E-state index contributed by atoms with van der Waals surface area (Å²) in [4.78, 5) is 11.9. The van der Waals surface area contributed by atoms with Gasteiger partial charge in [0, 0.05) is 5.56 Å². The second-order valence-corrected chi connectivity index (χ2v) is 3.60. The largest absolute Gasteiger partial charge is 0.495 e. The van der Waals surface area contributed by atoms with Gasteiger partial charge in [0.25, 0.3) is 0 Å². The van der Waals surface area contributed by atoms with E-state index in [9.17, 15) is 4.79 Å². The number of likely N-dealkylation sites (N-methyl/N-ethyl adjacent to an activating group) is 1. The van der Waals surface area contributed by atoms with Crippen LogP contribution in [0.2, 0.25) is 0 Å². The molecule has 0 heterocycles. The molecule has 0 aromatic heterocycles. The van der Waals surface area contributed by atoms with Gasteiger partial charge in [-0.3, -0.25) is 4.79 Å². The molecule has 0 bridgehead atoms. The summed E-state index contributed by atoms with van der Waals surface area (Å²) in [6.07, 6.45) is 0. The van der Waals surface area contributed by atoms with Gasteiger partial charge in [-0.05, 0) is 31.7 Å². The van der Waals surface area contributed by atoms with Crippen molar-refractivity contribution >= 4 is 11.5 Å². The van der Waals surface area contributed by atoms with Crippen LogP contribution in [-0.4, -0.2) is 25.5 Å². The standard InChI is InChI=1S/C12H18N2O2/c1-4-14-8(2)12(15)9-5-6-11(16-3)10(13)7-9/h5-8,14H,4,13H2,1-3H3. The molecule has 0 saturated carbocycles. The second-order valence-electron chi connectivity index (χ2n) is 3.60. The van der Waals surface area contributed by atoms with Crippen molar-refractivity contribution in [2.75, 3.05) is 19.4 Å². The molecule has 0 saturated heterocycles. The Morgan fingerprint density at radius 2 is 2.25 bits per heavy atom. The number of ketones is 1. The van der Waals surface area contributed by atoms with Crippen LogP contribution in [0, 0.1) is 0 Å². The van der Waals surface area contributed by atoms with Crippen molar-refractivity contribution in [3.63, 3.8) is 0 Å². The molecule has 0 aliphatic rings. The first kappa shape index (κ1) is 12.5. The van der Waals surface area contributed by atoms with Crippen molar-refractivity contribution in [2.24, 2.45) is 0 Å². The van der Waals surface area contributed by atoms with Crippen LogP contribution in [-0.2, 0) is 0 Å². The lowest BCUT2D eigenvalue weighted by Gasteiger charge is -2.12. The number of methoxy groups -OCH3 is 1. The summed E-state index contributed by atoms with van der Waals surface area (Å²) < 4.78 is 5.04. The molecule has 4 nitrogen and oxygen atoms in total. The average Bonchev–Trinajstić information content (AvgIpc) is 2.28. The zero-order chi connectivity index (χ0) is 12.1. The van der Waals surface area contributed by atoms with Gasteiger partial charge in [0.1, 0.15) is 5.75 Å². The fourth-order valence-corrected chi connectivity index (χ4v) is 1.54. The normalized spacial score (nSPS) is 12.2. The molecule has 1 rings (SSSR count). The minimum atomic E-state index is -0.196. The van der Waals surface area contributed by atoms with E-state index in [2.05, 4.69) is 5.32 Å². The van der Waals surface area contributed by atoms with Gasteiger partial charge in [-0.25, -0.2) is 0 Å². The lowest BCUT2D eigenvalue weighted by Crippen LogP contribution is -2.33. The highest BCUT2D eigenvalue weighted by Gasteiger charge is 2.14. The Balaban J connectivity index is 2.88. The maximum absolute atomic E-state index is 11.9. The van der Waals surface area contributed by atoms with Crippen LogP contribution in [0.15, 0.2) is 18.2 Å². The maximum atomic E-state index is 11.9. The highest BCUT2D eigenvalue weighted by atomic mass is 16.5. The molecule has 3 N–H and O–H groups in total. The number of benzene rings is 1. The Kier molecular flexibility index (Phi) is 4.31. The third-order valence-corrected chi connectivity index (χ3v) is 2.42. The predicted octanol–water partition coefficient (Wildman–Crippen LogP) is 1.46. The van der Waals surface area contributed by atoms with Crippen LogP contribution >= 0.6 is 0 Å². The fourth-order valence-electron chi connectivity index (χ4n) is 1.54. The van der Waals surface area contributed by atoms with Gasteiger partial charge in [0.2, 0.25) is 0 Å². The van der Waals surface area contributed by atoms with E-state index in [1.807, 2.05) is 13.8 Å². The van der Waals surface area contributed by atoms with E-state index >= 15 is 0 Å². The lowest BCUT2D eigenvalue weighted by atomic mass is 10.0. The number of nitrogen functional groups attached to an aromatic ring is 1. The number of hydrogen-bond acceptors (Lipinski definition) is 4. The summed E-state index contributed by atoms with van der Waals surface area (Å²) in [5.74, 6) is 0.629.